The van der Waals surface area contributed by atoms with Crippen molar-refractivity contribution in [1.29, 1.82) is 0 Å². The quantitative estimate of drug-likeness (QED) is 0.598. The molecule has 1 heteroatoms. The first-order valence-electron chi connectivity index (χ1n) is 10.9. The summed E-state index contributed by atoms with van der Waals surface area (Å²) in [6, 6.07) is 0. The van der Waals surface area contributed by atoms with Gasteiger partial charge >= 0.3 is 0 Å². The molecule has 0 saturated heterocycles. The van der Waals surface area contributed by atoms with E-state index >= 15 is 0 Å². The van der Waals surface area contributed by atoms with Crippen LogP contribution < -0.4 is 0 Å². The third kappa shape index (κ3) is 2.59. The monoisotopic (exact) mass is 342 g/mol. The zero-order chi connectivity index (χ0) is 17.8. The molecule has 1 N–H and O–H groups in total. The van der Waals surface area contributed by atoms with Gasteiger partial charge in [0.05, 0.1) is 6.10 Å². The van der Waals surface area contributed by atoms with Crippen molar-refractivity contribution >= 4 is 0 Å². The Morgan fingerprint density at radius 3 is 2.68 bits per heavy atom. The van der Waals surface area contributed by atoms with Crippen LogP contribution in [0.4, 0.5) is 0 Å². The number of aliphatic hydroxyl groups excluding tert-OH is 1. The van der Waals surface area contributed by atoms with Gasteiger partial charge in [-0.3, -0.25) is 0 Å². The molecule has 0 spiro atoms. The van der Waals surface area contributed by atoms with Crippen molar-refractivity contribution < 1.29 is 5.11 Å². The van der Waals surface area contributed by atoms with Crippen molar-refractivity contribution in [3.8, 4) is 0 Å². The zero-order valence-corrected chi connectivity index (χ0v) is 16.8. The Morgan fingerprint density at radius 1 is 1.12 bits per heavy atom. The molecule has 0 aromatic rings. The van der Waals surface area contributed by atoms with Gasteiger partial charge in [0.2, 0.25) is 0 Å². The van der Waals surface area contributed by atoms with Crippen molar-refractivity contribution in [2.24, 2.45) is 40.4 Å². The Labute approximate surface area is 155 Å². The molecule has 4 aliphatic carbocycles. The zero-order valence-electron chi connectivity index (χ0n) is 16.8. The molecule has 140 valence electrons. The molecule has 0 radical (unpaired) electrons. The third-order valence-electron chi connectivity index (χ3n) is 9.28. The van der Waals surface area contributed by atoms with Crippen LogP contribution in [0.15, 0.2) is 23.8 Å². The minimum atomic E-state index is -0.0812. The first-order valence-corrected chi connectivity index (χ1v) is 10.9. The maximum atomic E-state index is 10.1. The third-order valence-corrected chi connectivity index (χ3v) is 9.28. The van der Waals surface area contributed by atoms with E-state index in [4.69, 9.17) is 0 Å². The number of rotatable bonds is 2. The van der Waals surface area contributed by atoms with Crippen molar-refractivity contribution in [2.45, 2.75) is 85.2 Å². The minimum Gasteiger partial charge on any atom is -0.393 e. The largest absolute Gasteiger partial charge is 0.393 e. The number of hydrogen-bond acceptors (Lipinski definition) is 1. The molecule has 4 aliphatic rings. The molecule has 8 atom stereocenters. The van der Waals surface area contributed by atoms with Crippen LogP contribution >= 0.6 is 0 Å². The fourth-order valence-corrected chi connectivity index (χ4v) is 7.98. The molecule has 3 saturated carbocycles. The van der Waals surface area contributed by atoms with Gasteiger partial charge in [0.1, 0.15) is 0 Å². The van der Waals surface area contributed by atoms with Crippen LogP contribution in [0.5, 0.6) is 0 Å². The lowest BCUT2D eigenvalue weighted by molar-refractivity contribution is -0.0540. The Hall–Kier alpha value is -0.560. The molecule has 1 nitrogen and oxygen atoms in total. The van der Waals surface area contributed by atoms with Crippen LogP contribution in [0.25, 0.3) is 0 Å². The summed E-state index contributed by atoms with van der Waals surface area (Å²) < 4.78 is 0. The summed E-state index contributed by atoms with van der Waals surface area (Å²) in [6.45, 7) is 9.80. The number of aliphatic hydroxyl groups is 1. The summed E-state index contributed by atoms with van der Waals surface area (Å²) in [4.78, 5) is 0. The Balaban J connectivity index is 1.62. The lowest BCUT2D eigenvalue weighted by Gasteiger charge is -2.58. The van der Waals surface area contributed by atoms with E-state index in [1.54, 1.807) is 5.57 Å². The molecule has 4 rings (SSSR count). The first-order chi connectivity index (χ1) is 11.9. The van der Waals surface area contributed by atoms with E-state index in [1.807, 2.05) is 0 Å². The van der Waals surface area contributed by atoms with E-state index in [-0.39, 0.29) is 6.10 Å². The van der Waals surface area contributed by atoms with Gasteiger partial charge in [0.25, 0.3) is 0 Å². The fourth-order valence-electron chi connectivity index (χ4n) is 7.98. The summed E-state index contributed by atoms with van der Waals surface area (Å²) in [6.07, 6.45) is 17.4. The second kappa shape index (κ2) is 6.25. The molecule has 25 heavy (non-hydrogen) atoms. The summed E-state index contributed by atoms with van der Waals surface area (Å²) >= 11 is 0. The van der Waals surface area contributed by atoms with E-state index in [2.05, 4.69) is 45.9 Å². The van der Waals surface area contributed by atoms with Gasteiger partial charge in [-0.25, -0.2) is 0 Å². The predicted octanol–water partition coefficient (Wildman–Crippen LogP) is 6.14. The van der Waals surface area contributed by atoms with Gasteiger partial charge in [0, 0.05) is 0 Å². The summed E-state index contributed by atoms with van der Waals surface area (Å²) in [7, 11) is 0. The van der Waals surface area contributed by atoms with Gasteiger partial charge in [0.15, 0.2) is 0 Å². The standard InChI is InChI=1S/C24H38O/c1-5-6-16(2)20-9-10-21-19-8-7-17-15-18(25)11-13-23(17,3)22(19)12-14-24(20,21)4/h5-7,16,18-22,25H,8-15H2,1-4H3/b6-5+/t16-,18-,19?,20?,21?,22?,23-,24+/m0/s1. The number of allylic oxidation sites excluding steroid dienone is 3. The fraction of sp³-hybridized carbons (Fsp3) is 0.833. The van der Waals surface area contributed by atoms with Crippen molar-refractivity contribution in [1.82, 2.24) is 0 Å². The van der Waals surface area contributed by atoms with E-state index in [1.165, 1.54) is 38.5 Å². The highest BCUT2D eigenvalue weighted by atomic mass is 16.3. The Bertz CT molecular complexity index is 575. The smallest absolute Gasteiger partial charge is 0.0577 e. The molecule has 0 aromatic carbocycles. The summed E-state index contributed by atoms with van der Waals surface area (Å²) in [5.41, 5.74) is 2.54. The van der Waals surface area contributed by atoms with Gasteiger partial charge in [-0.1, -0.05) is 44.6 Å². The van der Waals surface area contributed by atoms with E-state index in [0.717, 1.165) is 42.4 Å². The topological polar surface area (TPSA) is 20.2 Å². The van der Waals surface area contributed by atoms with Crippen molar-refractivity contribution in [2.75, 3.05) is 0 Å². The Morgan fingerprint density at radius 2 is 1.92 bits per heavy atom. The van der Waals surface area contributed by atoms with Gasteiger partial charge in [-0.2, -0.15) is 0 Å². The van der Waals surface area contributed by atoms with Crippen LogP contribution in [0.2, 0.25) is 0 Å². The highest BCUT2D eigenvalue weighted by Crippen LogP contribution is 2.67. The van der Waals surface area contributed by atoms with E-state index in [9.17, 15) is 5.11 Å². The molecule has 0 aromatic heterocycles. The molecule has 0 aliphatic heterocycles. The van der Waals surface area contributed by atoms with Gasteiger partial charge in [-0.05, 0) is 98.7 Å². The molecule has 3 fully saturated rings. The summed E-state index contributed by atoms with van der Waals surface area (Å²) in [5.74, 6) is 4.29. The van der Waals surface area contributed by atoms with Crippen LogP contribution in [0.1, 0.15) is 79.1 Å². The van der Waals surface area contributed by atoms with Gasteiger partial charge < -0.3 is 5.11 Å². The number of hydrogen-bond donors (Lipinski definition) is 1. The molecule has 0 bridgehead atoms. The highest BCUT2D eigenvalue weighted by molar-refractivity contribution is 5.25. The molecule has 4 unspecified atom stereocenters. The number of fused-ring (bicyclic) bond motifs is 5. The highest BCUT2D eigenvalue weighted by Gasteiger charge is 2.58. The second-order valence-electron chi connectivity index (χ2n) is 10.3. The van der Waals surface area contributed by atoms with Crippen molar-refractivity contribution in [3.05, 3.63) is 23.8 Å². The van der Waals surface area contributed by atoms with Crippen LogP contribution in [0.3, 0.4) is 0 Å². The minimum absolute atomic E-state index is 0.0812. The van der Waals surface area contributed by atoms with Crippen LogP contribution in [-0.2, 0) is 0 Å². The lowest BCUT2D eigenvalue weighted by Crippen LogP contribution is -2.50. The molecule has 0 amide bonds. The first kappa shape index (κ1) is 17.8. The molecular formula is C24H38O. The van der Waals surface area contributed by atoms with Crippen LogP contribution in [0, 0.1) is 40.4 Å². The lowest BCUT2D eigenvalue weighted by atomic mass is 9.47. The predicted molar refractivity (Wildman–Crippen MR) is 105 cm³/mol. The average Bonchev–Trinajstić information content (AvgIpc) is 2.93. The van der Waals surface area contributed by atoms with E-state index < -0.39 is 0 Å². The van der Waals surface area contributed by atoms with Crippen LogP contribution in [-0.4, -0.2) is 11.2 Å². The maximum absolute atomic E-state index is 10.1. The summed E-state index contributed by atoms with van der Waals surface area (Å²) in [5, 5.41) is 10.1. The molecule has 0 heterocycles. The van der Waals surface area contributed by atoms with Crippen molar-refractivity contribution in [3.63, 3.8) is 0 Å². The normalized spacial score (nSPS) is 50.8. The average molecular weight is 343 g/mol. The van der Waals surface area contributed by atoms with Gasteiger partial charge in [-0.15, -0.1) is 0 Å². The SMILES string of the molecule is C/C=C/[C@H](C)C1CCC2C3CC=C4C[C@@H](O)CC[C@]4(C)C3CC[C@@]21C. The second-order valence-corrected chi connectivity index (χ2v) is 10.3. The molecular weight excluding hydrogens is 304 g/mol. The van der Waals surface area contributed by atoms with E-state index in [0.29, 0.717) is 10.8 Å². The maximum Gasteiger partial charge on any atom is 0.0577 e. The Kier molecular flexibility index (Phi) is 4.46.